The molecule has 0 amide bonds. The van der Waals surface area contributed by atoms with Gasteiger partial charge in [0.05, 0.1) is 34.2 Å². The van der Waals surface area contributed by atoms with Gasteiger partial charge in [0.15, 0.2) is 0 Å². The summed E-state index contributed by atoms with van der Waals surface area (Å²) in [5.74, 6) is 0. The fourth-order valence-corrected chi connectivity index (χ4v) is 3.09. The van der Waals surface area contributed by atoms with Crippen LogP contribution < -0.4 is 0 Å². The fraction of sp³-hybridized carbons (Fsp3) is 0. The predicted molar refractivity (Wildman–Crippen MR) is 142 cm³/mol. The van der Waals surface area contributed by atoms with Crippen molar-refractivity contribution >= 4 is 0 Å². The van der Waals surface area contributed by atoms with Crippen molar-refractivity contribution in [3.63, 3.8) is 0 Å². The van der Waals surface area contributed by atoms with Crippen molar-refractivity contribution in [1.82, 2.24) is 29.9 Å². The van der Waals surface area contributed by atoms with Crippen molar-refractivity contribution in [2.45, 2.75) is 0 Å². The van der Waals surface area contributed by atoms with Crippen molar-refractivity contribution < 1.29 is 19.5 Å². The zero-order valence-corrected chi connectivity index (χ0v) is 23.2. The summed E-state index contributed by atoms with van der Waals surface area (Å²) in [4.78, 5) is 25.1. The number of hydrogen-bond donors (Lipinski definition) is 0. The molecular formula is C30H24N6Zn+2. The van der Waals surface area contributed by atoms with Crippen LogP contribution in [-0.4, -0.2) is 29.9 Å². The van der Waals surface area contributed by atoms with E-state index in [0.717, 1.165) is 34.2 Å². The molecule has 0 bridgehead atoms. The van der Waals surface area contributed by atoms with Gasteiger partial charge in [-0.05, 0) is 72.8 Å². The summed E-state index contributed by atoms with van der Waals surface area (Å²) >= 11 is 0. The van der Waals surface area contributed by atoms with Crippen LogP contribution in [0.3, 0.4) is 0 Å². The molecule has 0 saturated heterocycles. The number of nitrogens with zero attached hydrogens (tertiary/aromatic N) is 6. The Morgan fingerprint density at radius 1 is 0.243 bits per heavy atom. The summed E-state index contributed by atoms with van der Waals surface area (Å²) in [6.07, 6.45) is 10.6. The molecule has 6 nitrogen and oxygen atoms in total. The number of rotatable bonds is 3. The molecule has 6 rings (SSSR count). The Balaban J connectivity index is 0.000000152. The van der Waals surface area contributed by atoms with Crippen LogP contribution in [0.5, 0.6) is 0 Å². The van der Waals surface area contributed by atoms with Gasteiger partial charge in [0.1, 0.15) is 0 Å². The maximum Gasteiger partial charge on any atom is 2.00 e. The smallest absolute Gasteiger partial charge is 0.255 e. The largest absolute Gasteiger partial charge is 2.00 e. The molecule has 0 fully saturated rings. The standard InChI is InChI=1S/3C10H8N2.Zn/c3*1-3-7-11-9(5-1)10-6-2-4-8-12-10;/h3*1-8H;/q;;;+2. The maximum absolute atomic E-state index is 4.19. The fourth-order valence-electron chi connectivity index (χ4n) is 3.09. The molecule has 0 spiro atoms. The van der Waals surface area contributed by atoms with Crippen molar-refractivity contribution in [3.05, 3.63) is 146 Å². The first-order chi connectivity index (χ1) is 17.9. The van der Waals surface area contributed by atoms with Gasteiger partial charge in [-0.3, -0.25) is 29.9 Å². The maximum atomic E-state index is 4.19. The van der Waals surface area contributed by atoms with Gasteiger partial charge in [0.2, 0.25) is 0 Å². The molecule has 0 N–H and O–H groups in total. The molecule has 0 aliphatic carbocycles. The van der Waals surface area contributed by atoms with Gasteiger partial charge in [-0.25, -0.2) is 0 Å². The molecule has 7 heteroatoms. The van der Waals surface area contributed by atoms with Crippen molar-refractivity contribution in [1.29, 1.82) is 0 Å². The Bertz CT molecular complexity index is 1100. The van der Waals surface area contributed by atoms with Gasteiger partial charge < -0.3 is 0 Å². The monoisotopic (exact) mass is 532 g/mol. The normalized spacial score (nSPS) is 9.41. The number of aromatic nitrogens is 6. The van der Waals surface area contributed by atoms with Crippen LogP contribution >= 0.6 is 0 Å². The molecule has 6 aromatic rings. The molecule has 0 aliphatic heterocycles. The van der Waals surface area contributed by atoms with Gasteiger partial charge >= 0.3 is 19.5 Å². The van der Waals surface area contributed by atoms with E-state index in [1.54, 1.807) is 37.2 Å². The molecule has 6 heterocycles. The first-order valence-electron chi connectivity index (χ1n) is 11.4. The Morgan fingerprint density at radius 3 is 0.514 bits per heavy atom. The van der Waals surface area contributed by atoms with E-state index in [9.17, 15) is 0 Å². The van der Waals surface area contributed by atoms with E-state index in [1.807, 2.05) is 109 Å². The molecule has 0 aromatic carbocycles. The molecule has 0 atom stereocenters. The minimum absolute atomic E-state index is 0. The molecule has 0 radical (unpaired) electrons. The van der Waals surface area contributed by atoms with Crippen LogP contribution in [0.1, 0.15) is 0 Å². The first-order valence-corrected chi connectivity index (χ1v) is 11.4. The second-order valence-corrected chi connectivity index (χ2v) is 7.29. The van der Waals surface area contributed by atoms with E-state index in [4.69, 9.17) is 0 Å². The van der Waals surface area contributed by atoms with Crippen molar-refractivity contribution in [3.8, 4) is 34.2 Å². The van der Waals surface area contributed by atoms with Gasteiger partial charge in [0.25, 0.3) is 0 Å². The Morgan fingerprint density at radius 2 is 0.405 bits per heavy atom. The molecule has 37 heavy (non-hydrogen) atoms. The minimum atomic E-state index is 0. The Kier molecular flexibility index (Phi) is 11.4. The zero-order chi connectivity index (χ0) is 24.7. The first kappa shape index (κ1) is 27.1. The number of hydrogen-bond acceptors (Lipinski definition) is 6. The third-order valence-corrected chi connectivity index (χ3v) is 4.78. The number of pyridine rings is 6. The zero-order valence-electron chi connectivity index (χ0n) is 20.2. The Labute approximate surface area is 229 Å². The molecule has 6 aromatic heterocycles. The summed E-state index contributed by atoms with van der Waals surface area (Å²) in [6, 6.07) is 34.8. The summed E-state index contributed by atoms with van der Waals surface area (Å²) < 4.78 is 0. The molecule has 0 unspecified atom stereocenters. The van der Waals surface area contributed by atoms with Crippen LogP contribution in [-0.2, 0) is 19.5 Å². The topological polar surface area (TPSA) is 77.3 Å². The molecular weight excluding hydrogens is 510 g/mol. The van der Waals surface area contributed by atoms with Gasteiger partial charge in [-0.15, -0.1) is 0 Å². The second-order valence-electron chi connectivity index (χ2n) is 7.29. The molecule has 0 aliphatic rings. The van der Waals surface area contributed by atoms with Gasteiger partial charge in [-0.2, -0.15) is 0 Å². The minimum Gasteiger partial charge on any atom is -0.255 e. The third kappa shape index (κ3) is 8.91. The second kappa shape index (κ2) is 15.5. The van der Waals surface area contributed by atoms with Crippen LogP contribution in [0.2, 0.25) is 0 Å². The van der Waals surface area contributed by atoms with E-state index in [0.29, 0.717) is 0 Å². The van der Waals surface area contributed by atoms with E-state index >= 15 is 0 Å². The predicted octanol–water partition coefficient (Wildman–Crippen LogP) is 6.43. The average molecular weight is 534 g/mol. The summed E-state index contributed by atoms with van der Waals surface area (Å²) in [6.45, 7) is 0. The van der Waals surface area contributed by atoms with Gasteiger partial charge in [0, 0.05) is 37.2 Å². The summed E-state index contributed by atoms with van der Waals surface area (Å²) in [5, 5.41) is 0. The van der Waals surface area contributed by atoms with E-state index < -0.39 is 0 Å². The van der Waals surface area contributed by atoms with Crippen LogP contribution in [0.15, 0.2) is 146 Å². The van der Waals surface area contributed by atoms with Crippen LogP contribution in [0.4, 0.5) is 0 Å². The Hall–Kier alpha value is -4.48. The molecule has 0 saturated carbocycles. The van der Waals surface area contributed by atoms with Crippen LogP contribution in [0, 0.1) is 0 Å². The van der Waals surface area contributed by atoms with Crippen molar-refractivity contribution in [2.75, 3.05) is 0 Å². The SMILES string of the molecule is [Zn+2].c1ccc(-c2ccccn2)nc1.c1ccc(-c2ccccn2)nc1.c1ccc(-c2ccccn2)nc1. The van der Waals surface area contributed by atoms with E-state index in [-0.39, 0.29) is 19.5 Å². The van der Waals surface area contributed by atoms with E-state index in [2.05, 4.69) is 29.9 Å². The van der Waals surface area contributed by atoms with Gasteiger partial charge in [-0.1, -0.05) is 36.4 Å². The summed E-state index contributed by atoms with van der Waals surface area (Å²) in [7, 11) is 0. The third-order valence-electron chi connectivity index (χ3n) is 4.78. The van der Waals surface area contributed by atoms with Crippen LogP contribution in [0.25, 0.3) is 34.2 Å². The van der Waals surface area contributed by atoms with E-state index in [1.165, 1.54) is 0 Å². The molecule has 174 valence electrons. The quantitative estimate of drug-likeness (QED) is 0.244. The average Bonchev–Trinajstić information content (AvgIpc) is 3.01. The summed E-state index contributed by atoms with van der Waals surface area (Å²) in [5.41, 5.74) is 5.49. The van der Waals surface area contributed by atoms with Crippen molar-refractivity contribution in [2.24, 2.45) is 0 Å².